The molecule has 128 valence electrons. The maximum absolute atomic E-state index is 13.1. The zero-order valence-corrected chi connectivity index (χ0v) is 13.7. The van der Waals surface area contributed by atoms with Crippen molar-refractivity contribution in [2.45, 2.75) is 45.1 Å². The number of benzene rings is 1. The molecule has 0 N–H and O–H groups in total. The topological polar surface area (TPSA) is 83.8 Å². The lowest BCUT2D eigenvalue weighted by molar-refractivity contribution is -0.385. The van der Waals surface area contributed by atoms with Crippen LogP contribution in [0.15, 0.2) is 18.2 Å². The molecular formula is C17H21N3O4. The largest absolute Gasteiger partial charge is 0.331 e. The summed E-state index contributed by atoms with van der Waals surface area (Å²) < 4.78 is 0. The van der Waals surface area contributed by atoms with E-state index in [2.05, 4.69) is 0 Å². The van der Waals surface area contributed by atoms with Crippen molar-refractivity contribution in [1.82, 2.24) is 4.90 Å². The van der Waals surface area contributed by atoms with E-state index in [9.17, 15) is 19.7 Å². The van der Waals surface area contributed by atoms with E-state index in [0.717, 1.165) is 6.42 Å². The van der Waals surface area contributed by atoms with E-state index < -0.39 is 11.0 Å². The molecule has 0 saturated carbocycles. The highest BCUT2D eigenvalue weighted by molar-refractivity contribution is 6.00. The first-order valence-corrected chi connectivity index (χ1v) is 8.41. The fourth-order valence-corrected chi connectivity index (χ4v) is 3.71. The minimum atomic E-state index is -0.481. The lowest BCUT2D eigenvalue weighted by Crippen LogP contribution is -2.50. The van der Waals surface area contributed by atoms with E-state index in [0.29, 0.717) is 50.0 Å². The molecule has 0 spiro atoms. The van der Waals surface area contributed by atoms with Crippen molar-refractivity contribution in [2.75, 3.05) is 18.0 Å². The van der Waals surface area contributed by atoms with Crippen LogP contribution in [0.1, 0.15) is 38.2 Å². The Morgan fingerprint density at radius 1 is 1.29 bits per heavy atom. The van der Waals surface area contributed by atoms with Crippen LogP contribution >= 0.6 is 0 Å². The first-order chi connectivity index (χ1) is 11.5. The normalized spacial score (nSPS) is 18.5. The molecule has 2 amide bonds. The minimum absolute atomic E-state index is 0.0199. The Labute approximate surface area is 140 Å². The maximum atomic E-state index is 13.1. The van der Waals surface area contributed by atoms with Crippen LogP contribution < -0.4 is 4.90 Å². The monoisotopic (exact) mass is 331 g/mol. The van der Waals surface area contributed by atoms with Crippen LogP contribution in [0.5, 0.6) is 0 Å². The molecule has 0 aromatic heterocycles. The Bertz CT molecular complexity index is 688. The molecule has 2 aliphatic heterocycles. The van der Waals surface area contributed by atoms with Crippen molar-refractivity contribution in [3.8, 4) is 0 Å². The smallest absolute Gasteiger partial charge is 0.274 e. The fourth-order valence-electron chi connectivity index (χ4n) is 3.71. The first kappa shape index (κ1) is 16.4. The highest BCUT2D eigenvalue weighted by Crippen LogP contribution is 2.35. The van der Waals surface area contributed by atoms with Crippen molar-refractivity contribution in [3.05, 3.63) is 33.9 Å². The number of amides is 2. The summed E-state index contributed by atoms with van der Waals surface area (Å²) in [5.74, 6) is -0.110. The van der Waals surface area contributed by atoms with E-state index in [-0.39, 0.29) is 17.5 Å². The summed E-state index contributed by atoms with van der Waals surface area (Å²) in [4.78, 5) is 39.2. The van der Waals surface area contributed by atoms with Crippen LogP contribution in [0, 0.1) is 10.1 Å². The average Bonchev–Trinajstić information content (AvgIpc) is 3.00. The first-order valence-electron chi connectivity index (χ1n) is 8.41. The van der Waals surface area contributed by atoms with E-state index in [1.54, 1.807) is 21.9 Å². The quantitative estimate of drug-likeness (QED) is 0.626. The Morgan fingerprint density at radius 3 is 2.67 bits per heavy atom. The molecule has 0 bridgehead atoms. The Morgan fingerprint density at radius 2 is 2.04 bits per heavy atom. The van der Waals surface area contributed by atoms with Gasteiger partial charge in [0.2, 0.25) is 11.8 Å². The second kappa shape index (κ2) is 6.59. The summed E-state index contributed by atoms with van der Waals surface area (Å²) in [6, 6.07) is 4.38. The number of fused-ring (bicyclic) bond motifs is 1. The predicted octanol–water partition coefficient (Wildman–Crippen LogP) is 2.28. The lowest BCUT2D eigenvalue weighted by Gasteiger charge is -2.35. The molecule has 0 radical (unpaired) electrons. The number of nitro groups is 1. The number of carbonyl (C=O) groups is 2. The second-order valence-electron chi connectivity index (χ2n) is 6.24. The average molecular weight is 331 g/mol. The molecular weight excluding hydrogens is 310 g/mol. The van der Waals surface area contributed by atoms with Crippen molar-refractivity contribution in [2.24, 2.45) is 0 Å². The van der Waals surface area contributed by atoms with E-state index in [4.69, 9.17) is 0 Å². The zero-order valence-electron chi connectivity index (χ0n) is 13.7. The molecule has 2 heterocycles. The van der Waals surface area contributed by atoms with Gasteiger partial charge < -0.3 is 9.80 Å². The van der Waals surface area contributed by atoms with Crippen LogP contribution in [0.4, 0.5) is 11.4 Å². The van der Waals surface area contributed by atoms with Crippen LogP contribution in [-0.2, 0) is 16.0 Å². The fraction of sp³-hybridized carbons (Fsp3) is 0.529. The van der Waals surface area contributed by atoms with Crippen molar-refractivity contribution >= 4 is 23.2 Å². The third kappa shape index (κ3) is 2.74. The Balaban J connectivity index is 1.93. The van der Waals surface area contributed by atoms with Gasteiger partial charge in [-0.05, 0) is 31.7 Å². The van der Waals surface area contributed by atoms with Gasteiger partial charge in [-0.2, -0.15) is 0 Å². The third-order valence-corrected chi connectivity index (χ3v) is 4.85. The van der Waals surface area contributed by atoms with Gasteiger partial charge in [0.25, 0.3) is 5.69 Å². The highest BCUT2D eigenvalue weighted by atomic mass is 16.6. The SMILES string of the molecule is CC[C@@H](C(=O)N1CCCc2c1cccc2[N+](=O)[O-])N1CCCC1=O. The van der Waals surface area contributed by atoms with E-state index in [1.165, 1.54) is 6.07 Å². The summed E-state index contributed by atoms with van der Waals surface area (Å²) in [5.41, 5.74) is 1.30. The number of likely N-dealkylation sites (tertiary alicyclic amines) is 1. The van der Waals surface area contributed by atoms with E-state index in [1.807, 2.05) is 6.92 Å². The molecule has 7 heteroatoms. The number of carbonyl (C=O) groups excluding carboxylic acids is 2. The van der Waals surface area contributed by atoms with Gasteiger partial charge in [-0.1, -0.05) is 13.0 Å². The molecule has 7 nitrogen and oxygen atoms in total. The number of anilines is 1. The van der Waals surface area contributed by atoms with Gasteiger partial charge in [0, 0.05) is 25.6 Å². The summed E-state index contributed by atoms with van der Waals surface area (Å²) >= 11 is 0. The molecule has 3 rings (SSSR count). The summed E-state index contributed by atoms with van der Waals surface area (Å²) in [6.45, 7) is 3.04. The van der Waals surface area contributed by atoms with Gasteiger partial charge in [-0.15, -0.1) is 0 Å². The Kier molecular flexibility index (Phi) is 4.51. The number of nitro benzene ring substituents is 1. The summed E-state index contributed by atoms with van der Waals surface area (Å²) in [7, 11) is 0. The molecule has 1 saturated heterocycles. The highest BCUT2D eigenvalue weighted by Gasteiger charge is 2.36. The zero-order chi connectivity index (χ0) is 17.3. The number of nitrogens with zero attached hydrogens (tertiary/aromatic N) is 3. The molecule has 2 aliphatic rings. The van der Waals surface area contributed by atoms with Crippen LogP contribution in [0.25, 0.3) is 0 Å². The number of hydrogen-bond donors (Lipinski definition) is 0. The predicted molar refractivity (Wildman–Crippen MR) is 88.8 cm³/mol. The van der Waals surface area contributed by atoms with Crippen LogP contribution in [0.2, 0.25) is 0 Å². The molecule has 1 atom stereocenters. The molecule has 0 aliphatic carbocycles. The molecule has 1 aromatic rings. The molecule has 24 heavy (non-hydrogen) atoms. The van der Waals surface area contributed by atoms with Crippen LogP contribution in [-0.4, -0.2) is 40.8 Å². The van der Waals surface area contributed by atoms with Crippen LogP contribution in [0.3, 0.4) is 0 Å². The van der Waals surface area contributed by atoms with Gasteiger partial charge in [0.15, 0.2) is 0 Å². The maximum Gasteiger partial charge on any atom is 0.274 e. The lowest BCUT2D eigenvalue weighted by atomic mass is 9.98. The Hall–Kier alpha value is -2.44. The van der Waals surface area contributed by atoms with Crippen molar-refractivity contribution < 1.29 is 14.5 Å². The molecule has 0 unspecified atom stereocenters. The van der Waals surface area contributed by atoms with Gasteiger partial charge in [0.05, 0.1) is 16.2 Å². The molecule has 1 fully saturated rings. The summed E-state index contributed by atoms with van der Waals surface area (Å²) in [6.07, 6.45) is 3.10. The van der Waals surface area contributed by atoms with Gasteiger partial charge in [0.1, 0.15) is 6.04 Å². The molecule has 1 aromatic carbocycles. The standard InChI is InChI=1S/C17H21N3O4/c1-2-13(18-10-5-9-16(18)21)17(22)19-11-4-6-12-14(19)7-3-8-15(12)20(23)24/h3,7-8,13H,2,4-6,9-11H2,1H3/t13-/m0/s1. The third-order valence-electron chi connectivity index (χ3n) is 4.85. The van der Waals surface area contributed by atoms with Gasteiger partial charge in [-0.3, -0.25) is 19.7 Å². The van der Waals surface area contributed by atoms with Gasteiger partial charge >= 0.3 is 0 Å². The minimum Gasteiger partial charge on any atom is -0.331 e. The summed E-state index contributed by atoms with van der Waals surface area (Å²) in [5, 5.41) is 11.2. The van der Waals surface area contributed by atoms with Gasteiger partial charge in [-0.25, -0.2) is 0 Å². The number of rotatable bonds is 4. The number of hydrogen-bond acceptors (Lipinski definition) is 4. The van der Waals surface area contributed by atoms with Crippen molar-refractivity contribution in [3.63, 3.8) is 0 Å². The van der Waals surface area contributed by atoms with Crippen molar-refractivity contribution in [1.29, 1.82) is 0 Å². The van der Waals surface area contributed by atoms with E-state index >= 15 is 0 Å². The second-order valence-corrected chi connectivity index (χ2v) is 6.24.